The third-order valence-corrected chi connectivity index (χ3v) is 2.15. The van der Waals surface area contributed by atoms with Gasteiger partial charge in [-0.1, -0.05) is 0 Å². The van der Waals surface area contributed by atoms with Crippen LogP contribution in [-0.4, -0.2) is 29.3 Å². The van der Waals surface area contributed by atoms with E-state index < -0.39 is 0 Å². The molecule has 1 atom stereocenters. The lowest BCUT2D eigenvalue weighted by Crippen LogP contribution is -2.32. The van der Waals surface area contributed by atoms with Crippen molar-refractivity contribution in [2.24, 2.45) is 0 Å². The highest BCUT2D eigenvalue weighted by molar-refractivity contribution is 5.10. The van der Waals surface area contributed by atoms with Crippen molar-refractivity contribution in [3.63, 3.8) is 0 Å². The topological polar surface area (TPSA) is 44.2 Å². The maximum atomic E-state index is 5.42. The van der Waals surface area contributed by atoms with Crippen LogP contribution in [-0.2, 0) is 4.74 Å². The molecule has 0 saturated carbocycles. The number of aryl methyl sites for hydroxylation is 2. The van der Waals surface area contributed by atoms with Crippen LogP contribution in [0.15, 0.2) is 6.07 Å². The van der Waals surface area contributed by atoms with Crippen molar-refractivity contribution < 1.29 is 9.47 Å². The summed E-state index contributed by atoms with van der Waals surface area (Å²) in [5.41, 5.74) is 1.86. The fraction of sp³-hybridized carbons (Fsp3) is 0.600. The first-order chi connectivity index (χ1) is 6.74. The SMILES string of the molecule is Cc1cc(C)nc(OCC2CCO2)n1. The van der Waals surface area contributed by atoms with E-state index in [9.17, 15) is 0 Å². The van der Waals surface area contributed by atoms with Gasteiger partial charge in [0, 0.05) is 24.4 Å². The summed E-state index contributed by atoms with van der Waals surface area (Å²) < 4.78 is 10.7. The van der Waals surface area contributed by atoms with Gasteiger partial charge in [0.2, 0.25) is 0 Å². The molecule has 1 aliphatic heterocycles. The van der Waals surface area contributed by atoms with Gasteiger partial charge in [-0.3, -0.25) is 0 Å². The lowest BCUT2D eigenvalue weighted by molar-refractivity contribution is -0.0734. The lowest BCUT2D eigenvalue weighted by Gasteiger charge is -2.25. The minimum Gasteiger partial charge on any atom is -0.461 e. The highest BCUT2D eigenvalue weighted by Crippen LogP contribution is 2.13. The second-order valence-corrected chi connectivity index (χ2v) is 3.53. The molecule has 0 bridgehead atoms. The number of rotatable bonds is 3. The van der Waals surface area contributed by atoms with Gasteiger partial charge in [-0.15, -0.1) is 0 Å². The highest BCUT2D eigenvalue weighted by atomic mass is 16.6. The molecule has 0 N–H and O–H groups in total. The number of hydrogen-bond acceptors (Lipinski definition) is 4. The first kappa shape index (κ1) is 9.40. The molecule has 4 nitrogen and oxygen atoms in total. The van der Waals surface area contributed by atoms with E-state index in [1.807, 2.05) is 19.9 Å². The Morgan fingerprint density at radius 1 is 1.43 bits per heavy atom. The molecule has 0 spiro atoms. The number of hydrogen-bond donors (Lipinski definition) is 0. The summed E-state index contributed by atoms with van der Waals surface area (Å²) >= 11 is 0. The molecule has 1 saturated heterocycles. The highest BCUT2D eigenvalue weighted by Gasteiger charge is 2.19. The molecule has 1 unspecified atom stereocenters. The summed E-state index contributed by atoms with van der Waals surface area (Å²) in [5.74, 6) is 0. The smallest absolute Gasteiger partial charge is 0.316 e. The lowest BCUT2D eigenvalue weighted by atomic mass is 10.2. The summed E-state index contributed by atoms with van der Waals surface area (Å²) in [4.78, 5) is 8.35. The minimum atomic E-state index is 0.236. The van der Waals surface area contributed by atoms with E-state index in [2.05, 4.69) is 9.97 Å². The molecule has 1 aliphatic rings. The minimum absolute atomic E-state index is 0.236. The molecule has 2 heterocycles. The van der Waals surface area contributed by atoms with Crippen LogP contribution in [0.3, 0.4) is 0 Å². The molecule has 0 aliphatic carbocycles. The summed E-state index contributed by atoms with van der Waals surface area (Å²) in [6, 6.07) is 2.38. The maximum absolute atomic E-state index is 5.42. The van der Waals surface area contributed by atoms with E-state index in [1.165, 1.54) is 0 Å². The van der Waals surface area contributed by atoms with Crippen molar-refractivity contribution in [1.29, 1.82) is 0 Å². The normalized spacial score (nSPS) is 20.3. The molecule has 0 radical (unpaired) electrons. The van der Waals surface area contributed by atoms with Crippen LogP contribution < -0.4 is 4.74 Å². The standard InChI is InChI=1S/C10H14N2O2/c1-7-5-8(2)12-10(11-7)14-6-9-3-4-13-9/h5,9H,3-4,6H2,1-2H3. The Kier molecular flexibility index (Phi) is 2.63. The van der Waals surface area contributed by atoms with Gasteiger partial charge < -0.3 is 9.47 Å². The molecule has 4 heteroatoms. The first-order valence-corrected chi connectivity index (χ1v) is 4.81. The van der Waals surface area contributed by atoms with E-state index in [0.717, 1.165) is 24.4 Å². The monoisotopic (exact) mass is 194 g/mol. The Hall–Kier alpha value is -1.16. The third-order valence-electron chi connectivity index (χ3n) is 2.15. The number of nitrogens with zero attached hydrogens (tertiary/aromatic N) is 2. The summed E-state index contributed by atoms with van der Waals surface area (Å²) in [7, 11) is 0. The van der Waals surface area contributed by atoms with Gasteiger partial charge in [0.1, 0.15) is 6.61 Å². The molecule has 1 aromatic rings. The summed E-state index contributed by atoms with van der Waals surface area (Å²) in [5, 5.41) is 0. The van der Waals surface area contributed by atoms with E-state index in [1.54, 1.807) is 0 Å². The van der Waals surface area contributed by atoms with E-state index in [-0.39, 0.29) is 6.10 Å². The molecule has 1 fully saturated rings. The van der Waals surface area contributed by atoms with Crippen molar-refractivity contribution in [3.05, 3.63) is 17.5 Å². The zero-order valence-electron chi connectivity index (χ0n) is 8.49. The predicted molar refractivity (Wildman–Crippen MR) is 51.4 cm³/mol. The van der Waals surface area contributed by atoms with Crippen molar-refractivity contribution in [1.82, 2.24) is 9.97 Å². The van der Waals surface area contributed by atoms with Crippen molar-refractivity contribution in [2.75, 3.05) is 13.2 Å². The van der Waals surface area contributed by atoms with Gasteiger partial charge >= 0.3 is 6.01 Å². The zero-order valence-corrected chi connectivity index (χ0v) is 8.49. The Morgan fingerprint density at radius 3 is 2.57 bits per heavy atom. The quantitative estimate of drug-likeness (QED) is 0.726. The number of aromatic nitrogens is 2. The van der Waals surface area contributed by atoms with Gasteiger partial charge in [-0.2, -0.15) is 0 Å². The molecule has 0 amide bonds. The van der Waals surface area contributed by atoms with Crippen LogP contribution in [0, 0.1) is 13.8 Å². The Balaban J connectivity index is 1.94. The maximum Gasteiger partial charge on any atom is 0.316 e. The first-order valence-electron chi connectivity index (χ1n) is 4.81. The molecule has 0 aromatic carbocycles. The average molecular weight is 194 g/mol. The fourth-order valence-electron chi connectivity index (χ4n) is 1.34. The number of ether oxygens (including phenoxy) is 2. The van der Waals surface area contributed by atoms with Gasteiger partial charge in [-0.25, -0.2) is 9.97 Å². The van der Waals surface area contributed by atoms with Crippen molar-refractivity contribution in [3.8, 4) is 6.01 Å². The van der Waals surface area contributed by atoms with E-state index in [0.29, 0.717) is 12.6 Å². The van der Waals surface area contributed by atoms with Crippen LogP contribution in [0.1, 0.15) is 17.8 Å². The largest absolute Gasteiger partial charge is 0.461 e. The van der Waals surface area contributed by atoms with Crippen LogP contribution in [0.2, 0.25) is 0 Å². The molecular formula is C10H14N2O2. The predicted octanol–water partition coefficient (Wildman–Crippen LogP) is 1.26. The van der Waals surface area contributed by atoms with Gasteiger partial charge in [0.15, 0.2) is 0 Å². The second-order valence-electron chi connectivity index (χ2n) is 3.53. The van der Waals surface area contributed by atoms with Gasteiger partial charge in [0.25, 0.3) is 0 Å². The second kappa shape index (κ2) is 3.92. The summed E-state index contributed by atoms with van der Waals surface area (Å²) in [6.07, 6.45) is 1.31. The summed E-state index contributed by atoms with van der Waals surface area (Å²) in [6.45, 7) is 5.27. The molecule has 76 valence electrons. The van der Waals surface area contributed by atoms with Gasteiger partial charge in [0.05, 0.1) is 6.10 Å². The van der Waals surface area contributed by atoms with Gasteiger partial charge in [-0.05, 0) is 19.9 Å². The fourth-order valence-corrected chi connectivity index (χ4v) is 1.34. The van der Waals surface area contributed by atoms with E-state index >= 15 is 0 Å². The van der Waals surface area contributed by atoms with E-state index in [4.69, 9.17) is 9.47 Å². The molecular weight excluding hydrogens is 180 g/mol. The average Bonchev–Trinajstić information content (AvgIpc) is 1.99. The Bertz CT molecular complexity index is 304. The van der Waals surface area contributed by atoms with Crippen LogP contribution >= 0.6 is 0 Å². The third kappa shape index (κ3) is 2.20. The molecule has 2 rings (SSSR count). The molecule has 14 heavy (non-hydrogen) atoms. The Labute approximate surface area is 83.3 Å². The van der Waals surface area contributed by atoms with Crippen molar-refractivity contribution >= 4 is 0 Å². The van der Waals surface area contributed by atoms with Crippen LogP contribution in [0.5, 0.6) is 6.01 Å². The van der Waals surface area contributed by atoms with Crippen molar-refractivity contribution in [2.45, 2.75) is 26.4 Å². The van der Waals surface area contributed by atoms with Crippen LogP contribution in [0.4, 0.5) is 0 Å². The Morgan fingerprint density at radius 2 is 2.07 bits per heavy atom. The van der Waals surface area contributed by atoms with Crippen LogP contribution in [0.25, 0.3) is 0 Å². The molecule has 1 aromatic heterocycles. The zero-order chi connectivity index (χ0) is 9.97.